The van der Waals surface area contributed by atoms with Gasteiger partial charge in [0.25, 0.3) is 5.88 Å². The molecule has 0 aliphatic rings. The van der Waals surface area contributed by atoms with Gasteiger partial charge in [-0.25, -0.2) is 0 Å². The number of nitro groups is 1. The van der Waals surface area contributed by atoms with Gasteiger partial charge in [0, 0.05) is 26.6 Å². The molecule has 0 atom stereocenters. The lowest BCUT2D eigenvalue weighted by atomic mass is 10.4. The van der Waals surface area contributed by atoms with Gasteiger partial charge in [0.15, 0.2) is 0 Å². The number of rotatable bonds is 6. The molecule has 0 saturated carbocycles. The standard InChI is InChI=1S/C10H18N4O3/c1-7(2)11-5-6-17-10-9(14(15)16)12-8(3)13(10)4/h7,11H,5-6H2,1-4H3. The van der Waals surface area contributed by atoms with Crippen LogP contribution in [0.5, 0.6) is 5.88 Å². The van der Waals surface area contributed by atoms with Gasteiger partial charge in [0.05, 0.1) is 0 Å². The molecule has 0 spiro atoms. The van der Waals surface area contributed by atoms with Crippen LogP contribution >= 0.6 is 0 Å². The summed E-state index contributed by atoms with van der Waals surface area (Å²) in [5.74, 6) is 0.538. The molecule has 96 valence electrons. The first-order valence-corrected chi connectivity index (χ1v) is 5.47. The highest BCUT2D eigenvalue weighted by Gasteiger charge is 2.24. The molecule has 1 heterocycles. The van der Waals surface area contributed by atoms with E-state index < -0.39 is 4.92 Å². The van der Waals surface area contributed by atoms with E-state index in [0.717, 1.165) is 0 Å². The van der Waals surface area contributed by atoms with Crippen molar-refractivity contribution < 1.29 is 9.66 Å². The summed E-state index contributed by atoms with van der Waals surface area (Å²) in [7, 11) is 1.69. The second-order valence-corrected chi connectivity index (χ2v) is 4.06. The van der Waals surface area contributed by atoms with Crippen molar-refractivity contribution in [2.45, 2.75) is 26.8 Å². The Kier molecular flexibility index (Phi) is 4.45. The van der Waals surface area contributed by atoms with Gasteiger partial charge in [0.2, 0.25) is 5.82 Å². The average Bonchev–Trinajstić information content (AvgIpc) is 2.51. The van der Waals surface area contributed by atoms with E-state index in [1.54, 1.807) is 18.5 Å². The number of ether oxygens (including phenoxy) is 1. The van der Waals surface area contributed by atoms with Crippen molar-refractivity contribution in [3.8, 4) is 5.88 Å². The van der Waals surface area contributed by atoms with E-state index in [2.05, 4.69) is 10.3 Å². The highest BCUT2D eigenvalue weighted by atomic mass is 16.6. The number of aryl methyl sites for hydroxylation is 1. The Morgan fingerprint density at radius 3 is 2.76 bits per heavy atom. The van der Waals surface area contributed by atoms with Crippen molar-refractivity contribution in [1.29, 1.82) is 0 Å². The molecular weight excluding hydrogens is 224 g/mol. The Morgan fingerprint density at radius 2 is 2.24 bits per heavy atom. The maximum Gasteiger partial charge on any atom is 0.426 e. The molecule has 0 aromatic carbocycles. The fourth-order valence-electron chi connectivity index (χ4n) is 1.35. The Balaban J connectivity index is 2.66. The predicted octanol–water partition coefficient (Wildman–Crippen LogP) is 1.01. The van der Waals surface area contributed by atoms with Crippen molar-refractivity contribution in [3.63, 3.8) is 0 Å². The molecule has 0 saturated heterocycles. The second kappa shape index (κ2) is 5.62. The first-order valence-electron chi connectivity index (χ1n) is 5.47. The van der Waals surface area contributed by atoms with Gasteiger partial charge in [-0.2, -0.15) is 0 Å². The SMILES string of the molecule is Cc1nc([N+](=O)[O-])c(OCCNC(C)C)n1C. The Hall–Kier alpha value is -1.63. The summed E-state index contributed by atoms with van der Waals surface area (Å²) in [5, 5.41) is 13.9. The van der Waals surface area contributed by atoms with Gasteiger partial charge in [-0.1, -0.05) is 13.8 Å². The lowest BCUT2D eigenvalue weighted by Crippen LogP contribution is -2.27. The molecular formula is C10H18N4O3. The highest BCUT2D eigenvalue weighted by molar-refractivity contribution is 5.35. The fraction of sp³-hybridized carbons (Fsp3) is 0.700. The molecule has 0 fully saturated rings. The van der Waals surface area contributed by atoms with E-state index in [1.165, 1.54) is 0 Å². The molecule has 1 aromatic rings. The zero-order valence-electron chi connectivity index (χ0n) is 10.6. The number of nitrogens with zero attached hydrogens (tertiary/aromatic N) is 3. The topological polar surface area (TPSA) is 82.2 Å². The van der Waals surface area contributed by atoms with Gasteiger partial charge in [-0.3, -0.25) is 4.57 Å². The van der Waals surface area contributed by atoms with E-state index in [4.69, 9.17) is 4.74 Å². The van der Waals surface area contributed by atoms with E-state index >= 15 is 0 Å². The molecule has 1 rings (SSSR count). The van der Waals surface area contributed by atoms with Crippen molar-refractivity contribution in [2.75, 3.05) is 13.2 Å². The largest absolute Gasteiger partial charge is 0.471 e. The van der Waals surface area contributed by atoms with Gasteiger partial charge in [-0.05, 0) is 9.91 Å². The summed E-state index contributed by atoms with van der Waals surface area (Å²) < 4.78 is 6.97. The van der Waals surface area contributed by atoms with E-state index in [1.807, 2.05) is 13.8 Å². The minimum Gasteiger partial charge on any atom is -0.471 e. The van der Waals surface area contributed by atoms with Crippen LogP contribution in [-0.2, 0) is 7.05 Å². The Labute approximate surface area is 99.9 Å². The Morgan fingerprint density at radius 1 is 1.59 bits per heavy atom. The molecule has 0 bridgehead atoms. The van der Waals surface area contributed by atoms with Gasteiger partial charge in [0.1, 0.15) is 6.61 Å². The predicted molar refractivity (Wildman–Crippen MR) is 63.2 cm³/mol. The van der Waals surface area contributed by atoms with Crippen LogP contribution in [0.2, 0.25) is 0 Å². The summed E-state index contributed by atoms with van der Waals surface area (Å²) in [5.41, 5.74) is 0. The van der Waals surface area contributed by atoms with Crippen LogP contribution in [0, 0.1) is 17.0 Å². The second-order valence-electron chi connectivity index (χ2n) is 4.06. The maximum absolute atomic E-state index is 10.8. The number of imidazole rings is 1. The molecule has 0 unspecified atom stereocenters. The molecule has 1 N–H and O–H groups in total. The normalized spacial score (nSPS) is 10.9. The molecule has 17 heavy (non-hydrogen) atoms. The maximum atomic E-state index is 10.8. The molecule has 0 radical (unpaired) electrons. The fourth-order valence-corrected chi connectivity index (χ4v) is 1.35. The van der Waals surface area contributed by atoms with Crippen molar-refractivity contribution in [2.24, 2.45) is 7.05 Å². The summed E-state index contributed by atoms with van der Waals surface area (Å²) in [6.45, 7) is 6.76. The highest BCUT2D eigenvalue weighted by Crippen LogP contribution is 2.25. The lowest BCUT2D eigenvalue weighted by Gasteiger charge is -2.09. The van der Waals surface area contributed by atoms with Crippen LogP contribution in [0.4, 0.5) is 5.82 Å². The van der Waals surface area contributed by atoms with Crippen molar-refractivity contribution in [3.05, 3.63) is 15.9 Å². The smallest absolute Gasteiger partial charge is 0.426 e. The van der Waals surface area contributed by atoms with Gasteiger partial charge in [-0.15, -0.1) is 0 Å². The minimum absolute atomic E-state index is 0.207. The molecule has 0 amide bonds. The summed E-state index contributed by atoms with van der Waals surface area (Å²) in [4.78, 5) is 14.1. The molecule has 0 aliphatic heterocycles. The molecule has 1 aromatic heterocycles. The monoisotopic (exact) mass is 242 g/mol. The van der Waals surface area contributed by atoms with Crippen molar-refractivity contribution in [1.82, 2.24) is 14.9 Å². The summed E-state index contributed by atoms with van der Waals surface area (Å²) >= 11 is 0. The average molecular weight is 242 g/mol. The van der Waals surface area contributed by atoms with Gasteiger partial charge < -0.3 is 20.2 Å². The zero-order chi connectivity index (χ0) is 13.0. The molecule has 7 heteroatoms. The molecule has 0 aliphatic carbocycles. The lowest BCUT2D eigenvalue weighted by molar-refractivity contribution is -0.390. The van der Waals surface area contributed by atoms with Crippen molar-refractivity contribution >= 4 is 5.82 Å². The van der Waals surface area contributed by atoms with Crippen LogP contribution in [0.25, 0.3) is 0 Å². The third-order valence-electron chi connectivity index (χ3n) is 2.32. The van der Waals surface area contributed by atoms with Crippen LogP contribution in [0.3, 0.4) is 0 Å². The third kappa shape index (κ3) is 3.42. The zero-order valence-corrected chi connectivity index (χ0v) is 10.6. The number of aromatic nitrogens is 2. The van der Waals surface area contributed by atoms with E-state index in [9.17, 15) is 10.1 Å². The number of hydrogen-bond donors (Lipinski definition) is 1. The van der Waals surface area contributed by atoms with E-state index in [-0.39, 0.29) is 11.7 Å². The van der Waals surface area contributed by atoms with Crippen LogP contribution in [0.15, 0.2) is 0 Å². The minimum atomic E-state index is -0.530. The summed E-state index contributed by atoms with van der Waals surface area (Å²) in [6.07, 6.45) is 0. The quantitative estimate of drug-likeness (QED) is 0.457. The molecule has 7 nitrogen and oxygen atoms in total. The first-order chi connectivity index (χ1) is 7.93. The van der Waals surface area contributed by atoms with E-state index in [0.29, 0.717) is 25.0 Å². The first kappa shape index (κ1) is 13.4. The van der Waals surface area contributed by atoms with Crippen LogP contribution < -0.4 is 10.1 Å². The van der Waals surface area contributed by atoms with Crippen LogP contribution in [-0.4, -0.2) is 33.7 Å². The number of hydrogen-bond acceptors (Lipinski definition) is 5. The Bertz CT molecular complexity index is 401. The van der Waals surface area contributed by atoms with Crippen LogP contribution in [0.1, 0.15) is 19.7 Å². The summed E-state index contributed by atoms with van der Waals surface area (Å²) in [6, 6.07) is 0.363. The third-order valence-corrected chi connectivity index (χ3v) is 2.32. The van der Waals surface area contributed by atoms with Gasteiger partial charge >= 0.3 is 5.82 Å². The number of nitrogens with one attached hydrogen (secondary N) is 1.